The second-order valence-electron chi connectivity index (χ2n) is 6.22. The molecule has 0 spiro atoms. The average molecular weight is 254 g/mol. The van der Waals surface area contributed by atoms with Gasteiger partial charge in [-0.1, -0.05) is 13.3 Å². The molecule has 0 aromatic heterocycles. The van der Waals surface area contributed by atoms with Crippen molar-refractivity contribution >= 4 is 0 Å². The minimum absolute atomic E-state index is 0.531. The van der Waals surface area contributed by atoms with Gasteiger partial charge in [0.2, 0.25) is 0 Å². The SMILES string of the molecule is CCCC1(CN(CCOC)C2CC2)CCCNC1. The van der Waals surface area contributed by atoms with Crippen molar-refractivity contribution < 1.29 is 4.74 Å². The molecule has 2 fully saturated rings. The minimum atomic E-state index is 0.531. The zero-order chi connectivity index (χ0) is 12.8. The molecule has 0 aromatic carbocycles. The maximum Gasteiger partial charge on any atom is 0.0589 e. The molecule has 18 heavy (non-hydrogen) atoms. The summed E-state index contributed by atoms with van der Waals surface area (Å²) < 4.78 is 5.28. The molecule has 2 rings (SSSR count). The van der Waals surface area contributed by atoms with E-state index in [2.05, 4.69) is 17.1 Å². The van der Waals surface area contributed by atoms with E-state index in [9.17, 15) is 0 Å². The van der Waals surface area contributed by atoms with Crippen LogP contribution in [0.2, 0.25) is 0 Å². The van der Waals surface area contributed by atoms with Crippen LogP contribution in [-0.4, -0.2) is 50.8 Å². The Balaban J connectivity index is 1.91. The summed E-state index contributed by atoms with van der Waals surface area (Å²) in [5, 5.41) is 3.62. The maximum atomic E-state index is 5.28. The molecule has 3 nitrogen and oxygen atoms in total. The number of nitrogens with one attached hydrogen (secondary N) is 1. The zero-order valence-electron chi connectivity index (χ0n) is 12.2. The molecule has 1 unspecified atom stereocenters. The predicted molar refractivity (Wildman–Crippen MR) is 75.9 cm³/mol. The van der Waals surface area contributed by atoms with Crippen molar-refractivity contribution in [1.29, 1.82) is 0 Å². The lowest BCUT2D eigenvalue weighted by molar-refractivity contribution is 0.0765. The summed E-state index contributed by atoms with van der Waals surface area (Å²) in [4.78, 5) is 2.70. The van der Waals surface area contributed by atoms with Crippen LogP contribution in [0, 0.1) is 5.41 Å². The van der Waals surface area contributed by atoms with Gasteiger partial charge in [0.1, 0.15) is 0 Å². The normalized spacial score (nSPS) is 28.8. The molecule has 1 atom stereocenters. The summed E-state index contributed by atoms with van der Waals surface area (Å²) in [6, 6.07) is 0.857. The van der Waals surface area contributed by atoms with Crippen molar-refractivity contribution in [2.75, 3.05) is 39.9 Å². The first-order valence-electron chi connectivity index (χ1n) is 7.73. The van der Waals surface area contributed by atoms with Gasteiger partial charge in [-0.15, -0.1) is 0 Å². The third kappa shape index (κ3) is 3.94. The van der Waals surface area contributed by atoms with Crippen LogP contribution in [0.4, 0.5) is 0 Å². The molecule has 1 N–H and O–H groups in total. The number of ether oxygens (including phenoxy) is 1. The van der Waals surface area contributed by atoms with E-state index in [4.69, 9.17) is 4.74 Å². The Morgan fingerprint density at radius 1 is 1.39 bits per heavy atom. The van der Waals surface area contributed by atoms with Crippen LogP contribution < -0.4 is 5.32 Å². The lowest BCUT2D eigenvalue weighted by atomic mass is 9.76. The number of hydrogen-bond acceptors (Lipinski definition) is 3. The topological polar surface area (TPSA) is 24.5 Å². The van der Waals surface area contributed by atoms with Crippen LogP contribution in [0.1, 0.15) is 45.4 Å². The summed E-state index contributed by atoms with van der Waals surface area (Å²) in [7, 11) is 1.81. The van der Waals surface area contributed by atoms with Crippen molar-refractivity contribution in [3.63, 3.8) is 0 Å². The van der Waals surface area contributed by atoms with Gasteiger partial charge in [0.15, 0.2) is 0 Å². The monoisotopic (exact) mass is 254 g/mol. The summed E-state index contributed by atoms with van der Waals surface area (Å²) >= 11 is 0. The molecule has 0 bridgehead atoms. The van der Waals surface area contributed by atoms with Gasteiger partial charge in [0.05, 0.1) is 6.61 Å². The Morgan fingerprint density at radius 2 is 2.22 bits per heavy atom. The molecule has 0 aromatic rings. The highest BCUT2D eigenvalue weighted by molar-refractivity contribution is 4.93. The van der Waals surface area contributed by atoms with E-state index >= 15 is 0 Å². The molecule has 1 saturated carbocycles. The van der Waals surface area contributed by atoms with Gasteiger partial charge in [-0.2, -0.15) is 0 Å². The fraction of sp³-hybridized carbons (Fsp3) is 1.00. The van der Waals surface area contributed by atoms with E-state index < -0.39 is 0 Å². The standard InChI is InChI=1S/C15H30N2O/c1-3-7-15(8-4-9-16-12-15)13-17(10-11-18-2)14-5-6-14/h14,16H,3-13H2,1-2H3. The summed E-state index contributed by atoms with van der Waals surface area (Å²) in [6.07, 6.45) is 8.24. The van der Waals surface area contributed by atoms with E-state index in [1.165, 1.54) is 58.2 Å². The Hall–Kier alpha value is -0.120. The fourth-order valence-corrected chi connectivity index (χ4v) is 3.46. The molecule has 1 saturated heterocycles. The largest absolute Gasteiger partial charge is 0.383 e. The molecule has 1 aliphatic carbocycles. The highest BCUT2D eigenvalue weighted by Crippen LogP contribution is 2.36. The Bertz CT molecular complexity index is 229. The first kappa shape index (κ1) is 14.3. The first-order chi connectivity index (χ1) is 8.79. The average Bonchev–Trinajstić information content (AvgIpc) is 3.20. The van der Waals surface area contributed by atoms with Crippen LogP contribution >= 0.6 is 0 Å². The van der Waals surface area contributed by atoms with Gasteiger partial charge < -0.3 is 10.1 Å². The number of rotatable bonds is 8. The molecule has 2 aliphatic rings. The third-order valence-electron chi connectivity index (χ3n) is 4.53. The van der Waals surface area contributed by atoms with Crippen LogP contribution in [0.15, 0.2) is 0 Å². The molecular weight excluding hydrogens is 224 g/mol. The van der Waals surface area contributed by atoms with E-state index in [-0.39, 0.29) is 0 Å². The third-order valence-corrected chi connectivity index (χ3v) is 4.53. The first-order valence-corrected chi connectivity index (χ1v) is 7.73. The highest BCUT2D eigenvalue weighted by atomic mass is 16.5. The molecule has 3 heteroatoms. The van der Waals surface area contributed by atoms with Gasteiger partial charge >= 0.3 is 0 Å². The van der Waals surface area contributed by atoms with Gasteiger partial charge in [0, 0.05) is 32.8 Å². The molecule has 1 heterocycles. The van der Waals surface area contributed by atoms with Crippen LogP contribution in [0.5, 0.6) is 0 Å². The number of methoxy groups -OCH3 is 1. The highest BCUT2D eigenvalue weighted by Gasteiger charge is 2.37. The van der Waals surface area contributed by atoms with Crippen molar-refractivity contribution in [1.82, 2.24) is 10.2 Å². The lowest BCUT2D eigenvalue weighted by Crippen LogP contribution is -2.48. The van der Waals surface area contributed by atoms with E-state index in [1.54, 1.807) is 0 Å². The minimum Gasteiger partial charge on any atom is -0.383 e. The molecule has 106 valence electrons. The summed E-state index contributed by atoms with van der Waals surface area (Å²) in [5.41, 5.74) is 0.531. The van der Waals surface area contributed by atoms with Gasteiger partial charge in [-0.25, -0.2) is 0 Å². The predicted octanol–water partition coefficient (Wildman–Crippen LogP) is 2.27. The quantitative estimate of drug-likeness (QED) is 0.719. The zero-order valence-corrected chi connectivity index (χ0v) is 12.2. The number of nitrogens with zero attached hydrogens (tertiary/aromatic N) is 1. The summed E-state index contributed by atoms with van der Waals surface area (Å²) in [5.74, 6) is 0. The molecular formula is C15H30N2O. The second kappa shape index (κ2) is 6.88. The van der Waals surface area contributed by atoms with Gasteiger partial charge in [-0.3, -0.25) is 4.90 Å². The molecule has 0 radical (unpaired) electrons. The second-order valence-corrected chi connectivity index (χ2v) is 6.22. The van der Waals surface area contributed by atoms with E-state index in [0.717, 1.165) is 19.2 Å². The van der Waals surface area contributed by atoms with E-state index in [0.29, 0.717) is 5.41 Å². The molecule has 1 aliphatic heterocycles. The van der Waals surface area contributed by atoms with Crippen molar-refractivity contribution in [2.45, 2.75) is 51.5 Å². The van der Waals surface area contributed by atoms with Crippen LogP contribution in [-0.2, 0) is 4.74 Å². The Kier molecular flexibility index (Phi) is 5.46. The Morgan fingerprint density at radius 3 is 2.78 bits per heavy atom. The maximum absolute atomic E-state index is 5.28. The van der Waals surface area contributed by atoms with Crippen LogP contribution in [0.25, 0.3) is 0 Å². The van der Waals surface area contributed by atoms with Crippen LogP contribution in [0.3, 0.4) is 0 Å². The van der Waals surface area contributed by atoms with Gasteiger partial charge in [0.25, 0.3) is 0 Å². The van der Waals surface area contributed by atoms with Crippen molar-refractivity contribution in [3.05, 3.63) is 0 Å². The number of hydrogen-bond donors (Lipinski definition) is 1. The fourth-order valence-electron chi connectivity index (χ4n) is 3.46. The Labute approximate surface area is 112 Å². The van der Waals surface area contributed by atoms with Crippen molar-refractivity contribution in [3.8, 4) is 0 Å². The summed E-state index contributed by atoms with van der Waals surface area (Å²) in [6.45, 7) is 8.04. The van der Waals surface area contributed by atoms with Gasteiger partial charge in [-0.05, 0) is 44.1 Å². The number of piperidine rings is 1. The van der Waals surface area contributed by atoms with E-state index in [1.807, 2.05) is 7.11 Å². The smallest absolute Gasteiger partial charge is 0.0589 e. The molecule has 0 amide bonds. The lowest BCUT2D eigenvalue weighted by Gasteiger charge is -2.41. The van der Waals surface area contributed by atoms with Crippen molar-refractivity contribution in [2.24, 2.45) is 5.41 Å².